The molecule has 3 rings (SSSR count). The molecule has 0 aromatic rings. The molecule has 2 unspecified atom stereocenters. The number of carbonyl (C=O) groups excluding carboxylic acids is 1. The van der Waals surface area contributed by atoms with Gasteiger partial charge in [-0.1, -0.05) is 39.0 Å². The van der Waals surface area contributed by atoms with E-state index in [0.717, 1.165) is 13.2 Å². The first-order valence-corrected chi connectivity index (χ1v) is 15.8. The predicted molar refractivity (Wildman–Crippen MR) is 124 cm³/mol. The van der Waals surface area contributed by atoms with Gasteiger partial charge in [0.15, 0.2) is 32.6 Å². The second-order valence-corrected chi connectivity index (χ2v) is 15.2. The van der Waals surface area contributed by atoms with E-state index < -0.39 is 32.6 Å². The van der Waals surface area contributed by atoms with E-state index >= 15 is 0 Å². The predicted octanol–water partition coefficient (Wildman–Crippen LogP) is 3.87. The maximum atomic E-state index is 11.9. The van der Waals surface area contributed by atoms with E-state index in [1.807, 2.05) is 13.8 Å². The van der Waals surface area contributed by atoms with E-state index in [9.17, 15) is 4.79 Å². The van der Waals surface area contributed by atoms with Crippen LogP contribution in [0.4, 0.5) is 0 Å². The Hall–Kier alpha value is -0.553. The van der Waals surface area contributed by atoms with Gasteiger partial charge in [-0.25, -0.2) is 10.0 Å². The number of esters is 1. The quantitative estimate of drug-likeness (QED) is 0.173. The summed E-state index contributed by atoms with van der Waals surface area (Å²) >= 11 is 0. The van der Waals surface area contributed by atoms with E-state index in [2.05, 4.69) is 36.6 Å². The summed E-state index contributed by atoms with van der Waals surface area (Å²) in [5.74, 6) is -1.09. The Morgan fingerprint density at radius 3 is 2.47 bits per heavy atom. The van der Waals surface area contributed by atoms with Gasteiger partial charge in [0.2, 0.25) is 0 Å². The molecule has 0 aromatic carbocycles. The zero-order valence-corrected chi connectivity index (χ0v) is 22.1. The topological polar surface area (TPSA) is 69.2 Å². The Labute approximate surface area is 194 Å². The number of ether oxygens (including phenoxy) is 4. The van der Waals surface area contributed by atoms with Crippen molar-refractivity contribution in [1.29, 1.82) is 0 Å². The molecule has 3 heterocycles. The maximum Gasteiger partial charge on any atom is 0.303 e. The van der Waals surface area contributed by atoms with Crippen molar-refractivity contribution < 1.29 is 28.2 Å². The van der Waals surface area contributed by atoms with Crippen LogP contribution in [-0.2, 0) is 28.2 Å². The molecule has 3 saturated heterocycles. The molecule has 186 valence electrons. The summed E-state index contributed by atoms with van der Waals surface area (Å²) in [5, 5.41) is 4.66. The van der Waals surface area contributed by atoms with Crippen molar-refractivity contribution >= 4 is 14.3 Å². The molecule has 0 radical (unpaired) electrons. The number of hydrogen-bond donors (Lipinski definition) is 0. The molecule has 7 atom stereocenters. The highest BCUT2D eigenvalue weighted by molar-refractivity contribution is 6.69. The van der Waals surface area contributed by atoms with Gasteiger partial charge in [-0.2, -0.15) is 0 Å². The molecule has 32 heavy (non-hydrogen) atoms. The van der Waals surface area contributed by atoms with Crippen LogP contribution >= 0.6 is 0 Å². The molecule has 0 saturated carbocycles. The Kier molecular flexibility index (Phi) is 8.79. The summed E-state index contributed by atoms with van der Waals surface area (Å²) in [6, 6.07) is -0.0490. The van der Waals surface area contributed by atoms with Gasteiger partial charge in [-0.3, -0.25) is 4.79 Å². The molecule has 8 nitrogen and oxygen atoms in total. The molecule has 9 heteroatoms. The number of fused-ring (bicyclic) bond motifs is 1. The van der Waals surface area contributed by atoms with Gasteiger partial charge in [0.25, 0.3) is 0 Å². The van der Waals surface area contributed by atoms with Crippen molar-refractivity contribution in [3.05, 3.63) is 0 Å². The number of hydrogen-bond acceptors (Lipinski definition) is 8. The summed E-state index contributed by atoms with van der Waals surface area (Å²) in [6.45, 7) is 16.4. The van der Waals surface area contributed by atoms with E-state index in [0.29, 0.717) is 6.61 Å². The Morgan fingerprint density at radius 2 is 1.81 bits per heavy atom. The highest BCUT2D eigenvalue weighted by Crippen LogP contribution is 2.42. The minimum Gasteiger partial charge on any atom is -0.457 e. The average molecular weight is 473 g/mol. The second-order valence-electron chi connectivity index (χ2n) is 10.7. The van der Waals surface area contributed by atoms with E-state index in [1.54, 1.807) is 0 Å². The monoisotopic (exact) mass is 472 g/mol. The lowest BCUT2D eigenvalue weighted by atomic mass is 10.0. The molecular weight excluding hydrogens is 428 g/mol. The molecular formula is C23H44N2O6Si. The normalized spacial score (nSPS) is 34.3. The van der Waals surface area contributed by atoms with Gasteiger partial charge in [0.05, 0.1) is 19.3 Å². The third-order valence-electron chi connectivity index (χ3n) is 6.13. The van der Waals surface area contributed by atoms with Crippen molar-refractivity contribution in [3.63, 3.8) is 0 Å². The zero-order chi connectivity index (χ0) is 23.5. The first-order valence-electron chi connectivity index (χ1n) is 12.3. The third-order valence-corrected chi connectivity index (χ3v) is 7.17. The van der Waals surface area contributed by atoms with Gasteiger partial charge in [-0.15, -0.1) is 0 Å². The number of unbranched alkanes of at least 4 members (excludes halogenated alkanes) is 5. The van der Waals surface area contributed by atoms with Gasteiger partial charge >= 0.3 is 5.97 Å². The smallest absolute Gasteiger partial charge is 0.303 e. The maximum absolute atomic E-state index is 11.9. The molecule has 3 aliphatic heterocycles. The summed E-state index contributed by atoms with van der Waals surface area (Å²) in [5.41, 5.74) is 0. The molecule has 3 fully saturated rings. The third kappa shape index (κ3) is 7.22. The summed E-state index contributed by atoms with van der Waals surface area (Å²) in [7, 11) is -1.73. The largest absolute Gasteiger partial charge is 0.457 e. The van der Waals surface area contributed by atoms with E-state index in [4.69, 9.17) is 23.4 Å². The van der Waals surface area contributed by atoms with Gasteiger partial charge in [-0.05, 0) is 39.9 Å². The zero-order valence-electron chi connectivity index (χ0n) is 21.1. The van der Waals surface area contributed by atoms with Crippen LogP contribution in [0, 0.1) is 0 Å². The number of nitrogens with zero attached hydrogens (tertiary/aromatic N) is 2. The number of hydrazine groups is 1. The summed E-state index contributed by atoms with van der Waals surface area (Å²) in [4.78, 5) is 11.9. The fraction of sp³-hybridized carbons (Fsp3) is 0.957. The molecule has 0 spiro atoms. The first-order chi connectivity index (χ1) is 15.0. The van der Waals surface area contributed by atoms with Gasteiger partial charge in [0.1, 0.15) is 6.10 Å². The fourth-order valence-corrected chi connectivity index (χ4v) is 5.22. The minimum absolute atomic E-state index is 0.0490. The van der Waals surface area contributed by atoms with Crippen LogP contribution in [0.15, 0.2) is 0 Å². The minimum atomic E-state index is -1.73. The van der Waals surface area contributed by atoms with Gasteiger partial charge < -0.3 is 23.4 Å². The highest BCUT2D eigenvalue weighted by Gasteiger charge is 2.60. The summed E-state index contributed by atoms with van der Waals surface area (Å²) in [6.07, 6.45) is 5.82. The van der Waals surface area contributed by atoms with Crippen LogP contribution in [0.1, 0.15) is 66.2 Å². The van der Waals surface area contributed by atoms with Crippen molar-refractivity contribution in [2.24, 2.45) is 0 Å². The van der Waals surface area contributed by atoms with Crippen molar-refractivity contribution in [2.45, 2.75) is 122 Å². The molecule has 0 N–H and O–H groups in total. The SMILES string of the molecule is CCCCCCCCN1CN1[C@H](CO[Si](C)(C)C)[C@@H]1O[C@@H]2OC(C)(C)O[C@@H]2[C@H]1OC(C)=O. The lowest BCUT2D eigenvalue weighted by Crippen LogP contribution is -2.50. The summed E-state index contributed by atoms with van der Waals surface area (Å²) < 4.78 is 30.4. The molecule has 0 aromatic heterocycles. The number of carbonyl (C=O) groups is 1. The Bertz CT molecular complexity index is 628. The van der Waals surface area contributed by atoms with Crippen LogP contribution in [0.2, 0.25) is 19.6 Å². The second kappa shape index (κ2) is 10.8. The van der Waals surface area contributed by atoms with Crippen LogP contribution in [-0.4, -0.2) is 80.6 Å². The van der Waals surface area contributed by atoms with E-state index in [-0.39, 0.29) is 18.1 Å². The molecule has 0 bridgehead atoms. The highest BCUT2D eigenvalue weighted by atomic mass is 28.4. The van der Waals surface area contributed by atoms with Crippen LogP contribution in [0.5, 0.6) is 0 Å². The van der Waals surface area contributed by atoms with Crippen molar-refractivity contribution in [2.75, 3.05) is 19.8 Å². The van der Waals surface area contributed by atoms with Crippen molar-refractivity contribution in [1.82, 2.24) is 10.0 Å². The molecule has 0 amide bonds. The average Bonchev–Trinajstić information content (AvgIpc) is 3.27. The van der Waals surface area contributed by atoms with Gasteiger partial charge in [0, 0.05) is 13.5 Å². The lowest BCUT2D eigenvalue weighted by molar-refractivity contribution is -0.225. The fourth-order valence-electron chi connectivity index (χ4n) is 4.55. The van der Waals surface area contributed by atoms with Crippen molar-refractivity contribution in [3.8, 4) is 0 Å². The standard InChI is InChI=1S/C23H44N2O6Si/c1-8-9-10-11-12-13-14-24-16-25(24)18(15-27-32(5,6)7)19-20(28-17(2)26)21-22(29-19)31-23(3,4)30-21/h18-22H,8-16H2,1-7H3/t18-,19+,20+,21-,22-,24?,25?/m1/s1. The van der Waals surface area contributed by atoms with Crippen LogP contribution in [0.3, 0.4) is 0 Å². The molecule has 3 aliphatic rings. The van der Waals surface area contributed by atoms with E-state index in [1.165, 1.54) is 45.4 Å². The van der Waals surface area contributed by atoms with Crippen LogP contribution < -0.4 is 0 Å². The Morgan fingerprint density at radius 1 is 1.12 bits per heavy atom. The first kappa shape index (κ1) is 26.1. The lowest BCUT2D eigenvalue weighted by Gasteiger charge is -2.32. The number of rotatable bonds is 13. The Balaban J connectivity index is 1.64. The van der Waals surface area contributed by atoms with Crippen LogP contribution in [0.25, 0.3) is 0 Å². The molecule has 0 aliphatic carbocycles.